The number of carbonyl (C=O) groups is 2. The minimum Gasteiger partial charge on any atom is -0.359 e. The van der Waals surface area contributed by atoms with Gasteiger partial charge in [0, 0.05) is 38.1 Å². The molecule has 3 aliphatic rings. The number of benzene rings is 1. The number of rotatable bonds is 3. The van der Waals surface area contributed by atoms with Crippen LogP contribution in [0.4, 0.5) is 4.39 Å². The van der Waals surface area contributed by atoms with Gasteiger partial charge in [-0.25, -0.2) is 9.40 Å². The largest absolute Gasteiger partial charge is 0.359 e. The maximum absolute atomic E-state index is 13.6. The van der Waals surface area contributed by atoms with Gasteiger partial charge in [0.2, 0.25) is 11.8 Å². The zero-order valence-electron chi connectivity index (χ0n) is 15.0. The molecule has 1 saturated carbocycles. The summed E-state index contributed by atoms with van der Waals surface area (Å²) in [6, 6.07) is 6.44. The summed E-state index contributed by atoms with van der Waals surface area (Å²) in [5, 5.41) is 4.86. The number of nitrogens with zero attached hydrogens (tertiary/aromatic N) is 2. The van der Waals surface area contributed by atoms with E-state index in [1.54, 1.807) is 13.1 Å². The predicted molar refractivity (Wildman–Crippen MR) is 94.2 cm³/mol. The third kappa shape index (κ3) is 2.99. The van der Waals surface area contributed by atoms with Gasteiger partial charge in [0.25, 0.3) is 0 Å². The summed E-state index contributed by atoms with van der Waals surface area (Å²) in [7, 11) is 1.66. The molecular formula is C19H25FN4O2. The number of amides is 2. The highest BCUT2D eigenvalue weighted by Crippen LogP contribution is 2.38. The van der Waals surface area contributed by atoms with Crippen molar-refractivity contribution in [2.75, 3.05) is 13.6 Å². The van der Waals surface area contributed by atoms with Crippen molar-refractivity contribution in [2.45, 2.75) is 50.4 Å². The number of piperazine rings is 1. The Kier molecular flexibility index (Phi) is 4.67. The van der Waals surface area contributed by atoms with Crippen molar-refractivity contribution < 1.29 is 14.0 Å². The van der Waals surface area contributed by atoms with Crippen LogP contribution in [0.1, 0.15) is 31.2 Å². The molecule has 4 unspecified atom stereocenters. The number of hydrogen-bond acceptors (Lipinski definition) is 4. The van der Waals surface area contributed by atoms with Crippen LogP contribution < -0.4 is 10.7 Å². The number of fused-ring (bicyclic) bond motifs is 3. The van der Waals surface area contributed by atoms with Crippen molar-refractivity contribution in [3.05, 3.63) is 35.6 Å². The van der Waals surface area contributed by atoms with Crippen LogP contribution >= 0.6 is 0 Å². The SMILES string of the molecule is CNC(=O)C1CCC2C(C1)N(Cc1cccc(F)c1)C(=O)C1CCNN12. The highest BCUT2D eigenvalue weighted by Gasteiger charge is 2.51. The van der Waals surface area contributed by atoms with Crippen molar-refractivity contribution in [3.63, 3.8) is 0 Å². The second kappa shape index (κ2) is 6.96. The number of hydrogen-bond donors (Lipinski definition) is 2. The molecule has 7 heteroatoms. The molecule has 3 fully saturated rings. The average Bonchev–Trinajstić information content (AvgIpc) is 3.14. The number of halogens is 1. The molecular weight excluding hydrogens is 335 g/mol. The van der Waals surface area contributed by atoms with E-state index >= 15 is 0 Å². The molecule has 1 aromatic carbocycles. The fraction of sp³-hybridized carbons (Fsp3) is 0.579. The quantitative estimate of drug-likeness (QED) is 0.845. The Balaban J connectivity index is 1.62. The molecule has 26 heavy (non-hydrogen) atoms. The Labute approximate surface area is 152 Å². The fourth-order valence-corrected chi connectivity index (χ4v) is 4.78. The Hall–Kier alpha value is -1.99. The van der Waals surface area contributed by atoms with Gasteiger partial charge >= 0.3 is 0 Å². The molecule has 0 bridgehead atoms. The van der Waals surface area contributed by atoms with E-state index in [2.05, 4.69) is 15.8 Å². The molecule has 0 radical (unpaired) electrons. The summed E-state index contributed by atoms with van der Waals surface area (Å²) in [5.74, 6) is -0.251. The van der Waals surface area contributed by atoms with Crippen molar-refractivity contribution in [1.29, 1.82) is 0 Å². The molecule has 2 aliphatic heterocycles. The van der Waals surface area contributed by atoms with Crippen molar-refractivity contribution >= 4 is 11.8 Å². The highest BCUT2D eigenvalue weighted by molar-refractivity contribution is 5.84. The molecule has 4 rings (SSSR count). The van der Waals surface area contributed by atoms with Crippen LogP contribution in [0.3, 0.4) is 0 Å². The third-order valence-electron chi connectivity index (χ3n) is 6.01. The summed E-state index contributed by atoms with van der Waals surface area (Å²) < 4.78 is 13.6. The topological polar surface area (TPSA) is 64.7 Å². The van der Waals surface area contributed by atoms with Crippen LogP contribution in [0.15, 0.2) is 24.3 Å². The van der Waals surface area contributed by atoms with Gasteiger partial charge in [-0.15, -0.1) is 0 Å². The lowest BCUT2D eigenvalue weighted by Gasteiger charge is -2.51. The van der Waals surface area contributed by atoms with Crippen molar-refractivity contribution in [2.24, 2.45) is 5.92 Å². The first-order valence-electron chi connectivity index (χ1n) is 9.37. The Morgan fingerprint density at radius 3 is 2.92 bits per heavy atom. The van der Waals surface area contributed by atoms with Crippen LogP contribution in [0.2, 0.25) is 0 Å². The van der Waals surface area contributed by atoms with E-state index in [4.69, 9.17) is 0 Å². The Morgan fingerprint density at radius 1 is 1.31 bits per heavy atom. The molecule has 1 aromatic rings. The molecule has 1 aliphatic carbocycles. The lowest BCUT2D eigenvalue weighted by atomic mass is 9.78. The van der Waals surface area contributed by atoms with Crippen molar-refractivity contribution in [3.8, 4) is 0 Å². The standard InChI is InChI=1S/C19H25FN4O2/c1-21-18(25)13-5-6-15-17(10-13)23(11-12-3-2-4-14(20)9-12)19(26)16-7-8-22-24(15)16/h2-4,9,13,15-17,22H,5-8,10-11H2,1H3,(H,21,25). The minimum atomic E-state index is -0.292. The summed E-state index contributed by atoms with van der Waals surface area (Å²) >= 11 is 0. The summed E-state index contributed by atoms with van der Waals surface area (Å²) in [4.78, 5) is 27.2. The molecule has 0 spiro atoms. The smallest absolute Gasteiger partial charge is 0.242 e. The molecule has 4 atom stereocenters. The van der Waals surface area contributed by atoms with E-state index in [-0.39, 0.29) is 41.7 Å². The second-order valence-electron chi connectivity index (χ2n) is 7.47. The van der Waals surface area contributed by atoms with E-state index in [0.29, 0.717) is 13.0 Å². The number of nitrogens with one attached hydrogen (secondary N) is 2. The van der Waals surface area contributed by atoms with E-state index < -0.39 is 0 Å². The van der Waals surface area contributed by atoms with Crippen LogP contribution in [0.25, 0.3) is 0 Å². The number of hydrazine groups is 1. The molecule has 2 saturated heterocycles. The van der Waals surface area contributed by atoms with Gasteiger partial charge in [-0.1, -0.05) is 12.1 Å². The fourth-order valence-electron chi connectivity index (χ4n) is 4.78. The lowest BCUT2D eigenvalue weighted by Crippen LogP contribution is -2.68. The van der Waals surface area contributed by atoms with Gasteiger partial charge in [0.05, 0.1) is 0 Å². The summed E-state index contributed by atoms with van der Waals surface area (Å²) in [6.07, 6.45) is 3.14. The molecule has 0 aromatic heterocycles. The first-order valence-corrected chi connectivity index (χ1v) is 9.37. The van der Waals surface area contributed by atoms with Crippen LogP contribution in [-0.4, -0.2) is 53.4 Å². The maximum Gasteiger partial charge on any atom is 0.242 e. The van der Waals surface area contributed by atoms with E-state index in [0.717, 1.165) is 31.4 Å². The first-order chi connectivity index (χ1) is 12.6. The molecule has 2 heterocycles. The normalized spacial score (nSPS) is 31.5. The molecule has 6 nitrogen and oxygen atoms in total. The van der Waals surface area contributed by atoms with Crippen LogP contribution in [0, 0.1) is 11.7 Å². The maximum atomic E-state index is 13.6. The Morgan fingerprint density at radius 2 is 2.15 bits per heavy atom. The minimum absolute atomic E-state index is 0.0383. The first kappa shape index (κ1) is 17.4. The number of carbonyl (C=O) groups excluding carboxylic acids is 2. The van der Waals surface area contributed by atoms with Gasteiger partial charge in [-0.2, -0.15) is 0 Å². The van der Waals surface area contributed by atoms with Gasteiger partial charge in [-0.3, -0.25) is 15.0 Å². The predicted octanol–water partition coefficient (Wildman–Crippen LogP) is 1.03. The molecule has 2 N–H and O–H groups in total. The van der Waals surface area contributed by atoms with Crippen molar-refractivity contribution in [1.82, 2.24) is 20.7 Å². The van der Waals surface area contributed by atoms with Gasteiger partial charge < -0.3 is 10.2 Å². The van der Waals surface area contributed by atoms with Gasteiger partial charge in [-0.05, 0) is 43.4 Å². The zero-order valence-corrected chi connectivity index (χ0v) is 15.0. The zero-order chi connectivity index (χ0) is 18.3. The average molecular weight is 360 g/mol. The lowest BCUT2D eigenvalue weighted by molar-refractivity contribution is -0.157. The summed E-state index contributed by atoms with van der Waals surface area (Å²) in [5.41, 5.74) is 4.16. The second-order valence-corrected chi connectivity index (χ2v) is 7.47. The van der Waals surface area contributed by atoms with Gasteiger partial charge in [0.1, 0.15) is 11.9 Å². The molecule has 2 amide bonds. The third-order valence-corrected chi connectivity index (χ3v) is 6.01. The summed E-state index contributed by atoms with van der Waals surface area (Å²) in [6.45, 7) is 1.19. The Bertz CT molecular complexity index is 713. The van der Waals surface area contributed by atoms with E-state index in [9.17, 15) is 14.0 Å². The highest BCUT2D eigenvalue weighted by atomic mass is 19.1. The van der Waals surface area contributed by atoms with Crippen LogP contribution in [-0.2, 0) is 16.1 Å². The van der Waals surface area contributed by atoms with Crippen LogP contribution in [0.5, 0.6) is 0 Å². The van der Waals surface area contributed by atoms with E-state index in [1.807, 2.05) is 11.0 Å². The monoisotopic (exact) mass is 360 g/mol. The molecule has 140 valence electrons. The van der Waals surface area contributed by atoms with Gasteiger partial charge in [0.15, 0.2) is 0 Å². The van der Waals surface area contributed by atoms with E-state index in [1.165, 1.54) is 12.1 Å².